The average Bonchev–Trinajstić information content (AvgIpc) is 2.97. The highest BCUT2D eigenvalue weighted by atomic mass is 16.5. The number of oxazole rings is 1. The van der Waals surface area contributed by atoms with E-state index in [0.717, 1.165) is 22.6 Å². The fraction of sp³-hybridized carbons (Fsp3) is 0.0625. The molecule has 0 radical (unpaired) electrons. The molecule has 4 heteroatoms. The van der Waals surface area contributed by atoms with E-state index in [0.29, 0.717) is 5.76 Å². The first kappa shape index (κ1) is 12.3. The second-order valence-electron chi connectivity index (χ2n) is 4.31. The molecule has 3 rings (SSSR count). The maximum Gasteiger partial charge on any atom is 0.182 e. The number of rotatable bonds is 3. The molecule has 0 saturated carbocycles. The van der Waals surface area contributed by atoms with E-state index >= 15 is 0 Å². The van der Waals surface area contributed by atoms with Crippen LogP contribution < -0.4 is 4.74 Å². The van der Waals surface area contributed by atoms with Gasteiger partial charge in [0.25, 0.3) is 0 Å². The molecule has 1 heterocycles. The van der Waals surface area contributed by atoms with Crippen LogP contribution in [0.5, 0.6) is 11.5 Å². The third-order valence-electron chi connectivity index (χ3n) is 3.04. The van der Waals surface area contributed by atoms with Gasteiger partial charge < -0.3 is 14.3 Å². The van der Waals surface area contributed by atoms with Crippen molar-refractivity contribution in [3.8, 4) is 34.1 Å². The lowest BCUT2D eigenvalue weighted by atomic mass is 10.1. The van der Waals surface area contributed by atoms with Crippen molar-refractivity contribution >= 4 is 0 Å². The summed E-state index contributed by atoms with van der Waals surface area (Å²) >= 11 is 0. The van der Waals surface area contributed by atoms with E-state index in [1.165, 1.54) is 6.39 Å². The zero-order chi connectivity index (χ0) is 13.9. The van der Waals surface area contributed by atoms with Gasteiger partial charge in [0.2, 0.25) is 0 Å². The van der Waals surface area contributed by atoms with Gasteiger partial charge >= 0.3 is 0 Å². The molecule has 2 aromatic carbocycles. The van der Waals surface area contributed by atoms with E-state index in [9.17, 15) is 5.11 Å². The van der Waals surface area contributed by atoms with Gasteiger partial charge in [0.15, 0.2) is 12.2 Å². The summed E-state index contributed by atoms with van der Waals surface area (Å²) in [5, 5.41) is 9.35. The molecule has 1 aromatic heterocycles. The van der Waals surface area contributed by atoms with Crippen LogP contribution in [0.4, 0.5) is 0 Å². The van der Waals surface area contributed by atoms with E-state index < -0.39 is 0 Å². The third kappa shape index (κ3) is 2.23. The van der Waals surface area contributed by atoms with Gasteiger partial charge in [-0.25, -0.2) is 4.98 Å². The molecule has 1 N–H and O–H groups in total. The monoisotopic (exact) mass is 267 g/mol. The first-order valence-corrected chi connectivity index (χ1v) is 6.15. The van der Waals surface area contributed by atoms with E-state index in [-0.39, 0.29) is 5.75 Å². The Morgan fingerprint density at radius 1 is 1.05 bits per heavy atom. The van der Waals surface area contributed by atoms with Gasteiger partial charge in [0.05, 0.1) is 7.11 Å². The molecule has 0 saturated heterocycles. The van der Waals surface area contributed by atoms with Crippen LogP contribution in [0.3, 0.4) is 0 Å². The van der Waals surface area contributed by atoms with Crippen LogP contribution in [-0.4, -0.2) is 17.2 Å². The Kier molecular flexibility index (Phi) is 3.13. The summed E-state index contributed by atoms with van der Waals surface area (Å²) < 4.78 is 10.7. The number of aromatic hydroxyl groups is 1. The first-order chi connectivity index (χ1) is 9.78. The number of hydrogen-bond acceptors (Lipinski definition) is 4. The molecule has 0 atom stereocenters. The van der Waals surface area contributed by atoms with Gasteiger partial charge in [-0.1, -0.05) is 12.1 Å². The predicted molar refractivity (Wildman–Crippen MR) is 75.6 cm³/mol. The Balaban J connectivity index is 2.07. The molecule has 0 fully saturated rings. The first-order valence-electron chi connectivity index (χ1n) is 6.15. The molecular weight excluding hydrogens is 254 g/mol. The van der Waals surface area contributed by atoms with Gasteiger partial charge in [0.1, 0.15) is 17.2 Å². The maximum atomic E-state index is 9.35. The number of phenolic OH excluding ortho intramolecular Hbond substituents is 1. The van der Waals surface area contributed by atoms with Crippen LogP contribution in [0, 0.1) is 0 Å². The van der Waals surface area contributed by atoms with Gasteiger partial charge in [-0.05, 0) is 36.4 Å². The van der Waals surface area contributed by atoms with Crippen molar-refractivity contribution in [2.24, 2.45) is 0 Å². The molecular formula is C16H13NO3. The second-order valence-corrected chi connectivity index (χ2v) is 4.31. The number of nitrogens with zero attached hydrogens (tertiary/aromatic N) is 1. The largest absolute Gasteiger partial charge is 0.508 e. The fourth-order valence-electron chi connectivity index (χ4n) is 2.04. The fourth-order valence-corrected chi connectivity index (χ4v) is 2.04. The van der Waals surface area contributed by atoms with Crippen LogP contribution in [0.1, 0.15) is 0 Å². The van der Waals surface area contributed by atoms with E-state index in [1.54, 1.807) is 31.4 Å². The van der Waals surface area contributed by atoms with Crippen molar-refractivity contribution in [2.45, 2.75) is 0 Å². The van der Waals surface area contributed by atoms with Crippen molar-refractivity contribution in [3.63, 3.8) is 0 Å². The average molecular weight is 267 g/mol. The summed E-state index contributed by atoms with van der Waals surface area (Å²) in [6.07, 6.45) is 1.41. The molecule has 4 nitrogen and oxygen atoms in total. The zero-order valence-electron chi connectivity index (χ0n) is 10.9. The Bertz CT molecular complexity index is 717. The lowest BCUT2D eigenvalue weighted by Crippen LogP contribution is -1.85. The minimum atomic E-state index is 0.219. The van der Waals surface area contributed by atoms with Crippen LogP contribution >= 0.6 is 0 Å². The summed E-state index contributed by atoms with van der Waals surface area (Å²) in [4.78, 5) is 4.28. The van der Waals surface area contributed by atoms with E-state index in [4.69, 9.17) is 9.15 Å². The topological polar surface area (TPSA) is 55.5 Å². The zero-order valence-corrected chi connectivity index (χ0v) is 10.9. The van der Waals surface area contributed by atoms with Crippen molar-refractivity contribution in [2.75, 3.05) is 7.11 Å². The number of hydrogen-bond donors (Lipinski definition) is 1. The Hall–Kier alpha value is -2.75. The summed E-state index contributed by atoms with van der Waals surface area (Å²) in [6, 6.07) is 14.5. The molecule has 0 aliphatic carbocycles. The van der Waals surface area contributed by atoms with Gasteiger partial charge in [-0.3, -0.25) is 0 Å². The molecule has 3 aromatic rings. The van der Waals surface area contributed by atoms with Crippen molar-refractivity contribution in [3.05, 3.63) is 54.9 Å². The normalized spacial score (nSPS) is 10.4. The smallest absolute Gasteiger partial charge is 0.182 e. The van der Waals surface area contributed by atoms with Gasteiger partial charge in [0, 0.05) is 11.1 Å². The standard InChI is InChI=1S/C16H13NO3/c1-19-14-4-2-3-12(9-14)15-16(20-10-17-15)11-5-7-13(18)8-6-11/h2-10,18H,1H3. The lowest BCUT2D eigenvalue weighted by Gasteiger charge is -2.04. The van der Waals surface area contributed by atoms with Crippen LogP contribution in [0.25, 0.3) is 22.6 Å². The number of ether oxygens (including phenoxy) is 1. The number of phenols is 1. The molecule has 0 aliphatic heterocycles. The molecule has 0 aliphatic rings. The predicted octanol–water partition coefficient (Wildman–Crippen LogP) is 3.72. The summed E-state index contributed by atoms with van der Waals surface area (Å²) in [7, 11) is 1.63. The van der Waals surface area contributed by atoms with E-state index in [2.05, 4.69) is 4.98 Å². The summed E-state index contributed by atoms with van der Waals surface area (Å²) in [5.74, 6) is 1.65. The van der Waals surface area contributed by atoms with Crippen LogP contribution in [0.2, 0.25) is 0 Å². The second kappa shape index (κ2) is 5.09. The van der Waals surface area contributed by atoms with Crippen molar-refractivity contribution in [1.29, 1.82) is 0 Å². The molecule has 0 spiro atoms. The van der Waals surface area contributed by atoms with Crippen LogP contribution in [0.15, 0.2) is 59.3 Å². The lowest BCUT2D eigenvalue weighted by molar-refractivity contribution is 0.415. The van der Waals surface area contributed by atoms with Crippen molar-refractivity contribution < 1.29 is 14.3 Å². The van der Waals surface area contributed by atoms with Crippen LogP contribution in [-0.2, 0) is 0 Å². The van der Waals surface area contributed by atoms with Gasteiger partial charge in [-0.15, -0.1) is 0 Å². The third-order valence-corrected chi connectivity index (χ3v) is 3.04. The van der Waals surface area contributed by atoms with Crippen molar-refractivity contribution in [1.82, 2.24) is 4.98 Å². The Labute approximate surface area is 116 Å². The molecule has 0 bridgehead atoms. The number of methoxy groups -OCH3 is 1. The molecule has 20 heavy (non-hydrogen) atoms. The quantitative estimate of drug-likeness (QED) is 0.785. The number of aromatic nitrogens is 1. The summed E-state index contributed by atoms with van der Waals surface area (Å²) in [5.41, 5.74) is 2.52. The summed E-state index contributed by atoms with van der Waals surface area (Å²) in [6.45, 7) is 0. The highest BCUT2D eigenvalue weighted by Crippen LogP contribution is 2.33. The SMILES string of the molecule is COc1cccc(-c2ncoc2-c2ccc(O)cc2)c1. The Morgan fingerprint density at radius 2 is 1.85 bits per heavy atom. The maximum absolute atomic E-state index is 9.35. The van der Waals surface area contributed by atoms with Gasteiger partial charge in [-0.2, -0.15) is 0 Å². The Morgan fingerprint density at radius 3 is 2.60 bits per heavy atom. The molecule has 0 unspecified atom stereocenters. The molecule has 100 valence electrons. The number of benzene rings is 2. The minimum Gasteiger partial charge on any atom is -0.508 e. The highest BCUT2D eigenvalue weighted by Gasteiger charge is 2.13. The minimum absolute atomic E-state index is 0.219. The highest BCUT2D eigenvalue weighted by molar-refractivity contribution is 5.77. The van der Waals surface area contributed by atoms with E-state index in [1.807, 2.05) is 24.3 Å². The molecule has 0 amide bonds.